The number of aryl methyl sites for hydroxylation is 1. The van der Waals surface area contributed by atoms with Gasteiger partial charge in [0.25, 0.3) is 0 Å². The molecular formula is C26H32F3N3O2S. The van der Waals surface area contributed by atoms with Crippen LogP contribution in [-0.2, 0) is 4.79 Å². The van der Waals surface area contributed by atoms with Crippen LogP contribution in [0.4, 0.5) is 19.0 Å². The number of carboxylic acids is 1. The number of nitrogens with zero attached hydrogens (tertiary/aromatic N) is 2. The van der Waals surface area contributed by atoms with Gasteiger partial charge in [0.15, 0.2) is 0 Å². The van der Waals surface area contributed by atoms with Gasteiger partial charge < -0.3 is 10.4 Å². The van der Waals surface area contributed by atoms with E-state index in [2.05, 4.69) is 73.1 Å². The molecule has 0 spiro atoms. The lowest BCUT2D eigenvalue weighted by Crippen LogP contribution is -2.23. The van der Waals surface area contributed by atoms with Crippen LogP contribution in [0.5, 0.6) is 0 Å². The minimum absolute atomic E-state index is 0.547. The van der Waals surface area contributed by atoms with Gasteiger partial charge in [0.2, 0.25) is 0 Å². The third kappa shape index (κ3) is 7.40. The molecule has 4 rings (SSSR count). The zero-order valence-corrected chi connectivity index (χ0v) is 21.0. The van der Waals surface area contributed by atoms with Gasteiger partial charge in [0.05, 0.1) is 0 Å². The number of aliphatic carboxylic acids is 1. The van der Waals surface area contributed by atoms with E-state index < -0.39 is 12.1 Å². The summed E-state index contributed by atoms with van der Waals surface area (Å²) < 4.78 is 34.0. The molecule has 1 aliphatic carbocycles. The third-order valence-electron chi connectivity index (χ3n) is 5.97. The van der Waals surface area contributed by atoms with Gasteiger partial charge in [-0.3, -0.25) is 4.40 Å². The van der Waals surface area contributed by atoms with Crippen molar-refractivity contribution < 1.29 is 23.1 Å². The first kappa shape index (κ1) is 26.9. The molecule has 2 N–H and O–H groups in total. The summed E-state index contributed by atoms with van der Waals surface area (Å²) in [6.45, 7) is 6.69. The second kappa shape index (κ2) is 11.8. The average Bonchev–Trinajstić information content (AvgIpc) is 3.17. The zero-order valence-electron chi connectivity index (χ0n) is 20.2. The molecule has 35 heavy (non-hydrogen) atoms. The SMILES string of the molecule is CCC(C)Sc1cccc(-c2nc3ccc(C)cn3c2NC2CCCCC2)c1.O=C(O)C(F)(F)F. The maximum absolute atomic E-state index is 10.6. The fourth-order valence-corrected chi connectivity index (χ4v) is 4.95. The van der Waals surface area contributed by atoms with Crippen molar-refractivity contribution in [2.75, 3.05) is 5.32 Å². The van der Waals surface area contributed by atoms with E-state index in [1.165, 1.54) is 54.5 Å². The molecule has 190 valence electrons. The largest absolute Gasteiger partial charge is 0.490 e. The minimum atomic E-state index is -5.08. The molecular weight excluding hydrogens is 475 g/mol. The summed E-state index contributed by atoms with van der Waals surface area (Å²) in [4.78, 5) is 15.2. The lowest BCUT2D eigenvalue weighted by molar-refractivity contribution is -0.192. The quantitative estimate of drug-likeness (QED) is 0.337. The van der Waals surface area contributed by atoms with Gasteiger partial charge in [-0.1, -0.05) is 51.3 Å². The molecule has 0 aliphatic heterocycles. The second-order valence-electron chi connectivity index (χ2n) is 8.89. The van der Waals surface area contributed by atoms with Gasteiger partial charge in [0.1, 0.15) is 17.2 Å². The van der Waals surface area contributed by atoms with E-state index in [0.29, 0.717) is 11.3 Å². The topological polar surface area (TPSA) is 66.6 Å². The number of hydrogen-bond acceptors (Lipinski definition) is 4. The highest BCUT2D eigenvalue weighted by molar-refractivity contribution is 7.99. The Bertz CT molecular complexity index is 1140. The molecule has 0 amide bonds. The van der Waals surface area contributed by atoms with Crippen molar-refractivity contribution in [3.05, 3.63) is 48.2 Å². The summed E-state index contributed by atoms with van der Waals surface area (Å²) in [7, 11) is 0. The molecule has 3 aromatic rings. The van der Waals surface area contributed by atoms with Crippen molar-refractivity contribution in [3.8, 4) is 11.3 Å². The Morgan fingerprint density at radius 2 is 1.91 bits per heavy atom. The van der Waals surface area contributed by atoms with Gasteiger partial charge in [-0.25, -0.2) is 9.78 Å². The van der Waals surface area contributed by atoms with Crippen molar-refractivity contribution in [1.82, 2.24) is 9.38 Å². The summed E-state index contributed by atoms with van der Waals surface area (Å²) in [5, 5.41) is 11.6. The van der Waals surface area contributed by atoms with E-state index in [-0.39, 0.29) is 0 Å². The van der Waals surface area contributed by atoms with Crippen LogP contribution in [0.25, 0.3) is 16.9 Å². The van der Waals surface area contributed by atoms with Crippen LogP contribution < -0.4 is 5.32 Å². The monoisotopic (exact) mass is 507 g/mol. The highest BCUT2D eigenvalue weighted by Gasteiger charge is 2.38. The van der Waals surface area contributed by atoms with Gasteiger partial charge in [-0.15, -0.1) is 11.8 Å². The Morgan fingerprint density at radius 3 is 2.54 bits per heavy atom. The lowest BCUT2D eigenvalue weighted by Gasteiger charge is -2.24. The van der Waals surface area contributed by atoms with Crippen LogP contribution >= 0.6 is 11.8 Å². The smallest absolute Gasteiger partial charge is 0.475 e. The van der Waals surface area contributed by atoms with Crippen LogP contribution in [-0.4, -0.2) is 37.9 Å². The summed E-state index contributed by atoms with van der Waals surface area (Å²) >= 11 is 1.95. The summed E-state index contributed by atoms with van der Waals surface area (Å²) in [5.41, 5.74) is 4.54. The predicted octanol–water partition coefficient (Wildman–Crippen LogP) is 7.58. The van der Waals surface area contributed by atoms with Crippen molar-refractivity contribution in [2.24, 2.45) is 0 Å². The Balaban J connectivity index is 0.000000429. The minimum Gasteiger partial charge on any atom is -0.475 e. The number of carbonyl (C=O) groups is 1. The Morgan fingerprint density at radius 1 is 1.23 bits per heavy atom. The van der Waals surface area contributed by atoms with Crippen LogP contribution in [0, 0.1) is 6.92 Å². The molecule has 5 nitrogen and oxygen atoms in total. The van der Waals surface area contributed by atoms with E-state index >= 15 is 0 Å². The van der Waals surface area contributed by atoms with Crippen molar-refractivity contribution >= 4 is 29.2 Å². The predicted molar refractivity (Wildman–Crippen MR) is 135 cm³/mol. The Hall–Kier alpha value is -2.68. The number of benzene rings is 1. The van der Waals surface area contributed by atoms with Crippen molar-refractivity contribution in [2.45, 2.75) is 81.7 Å². The molecule has 0 radical (unpaired) electrons. The molecule has 1 unspecified atom stereocenters. The van der Waals surface area contributed by atoms with Gasteiger partial charge in [-0.05, 0) is 49.9 Å². The van der Waals surface area contributed by atoms with E-state index in [4.69, 9.17) is 14.9 Å². The number of fused-ring (bicyclic) bond motifs is 1. The van der Waals surface area contributed by atoms with E-state index in [9.17, 15) is 13.2 Å². The highest BCUT2D eigenvalue weighted by atomic mass is 32.2. The number of aromatic nitrogens is 2. The maximum Gasteiger partial charge on any atom is 0.490 e. The normalized spacial score (nSPS) is 15.4. The van der Waals surface area contributed by atoms with E-state index in [1.54, 1.807) is 0 Å². The zero-order chi connectivity index (χ0) is 25.6. The van der Waals surface area contributed by atoms with Crippen molar-refractivity contribution in [3.63, 3.8) is 0 Å². The first-order valence-electron chi connectivity index (χ1n) is 11.9. The number of alkyl halides is 3. The Labute approximate surface area is 208 Å². The molecule has 1 aromatic carbocycles. The number of imidazole rings is 1. The van der Waals surface area contributed by atoms with Gasteiger partial charge >= 0.3 is 12.1 Å². The molecule has 2 aromatic heterocycles. The molecule has 1 saturated carbocycles. The van der Waals surface area contributed by atoms with Crippen LogP contribution in [0.15, 0.2) is 47.5 Å². The van der Waals surface area contributed by atoms with Crippen LogP contribution in [0.3, 0.4) is 0 Å². The fraction of sp³-hybridized carbons (Fsp3) is 0.462. The molecule has 1 fully saturated rings. The molecule has 0 bridgehead atoms. The standard InChI is InChI=1S/C24H31N3S.C2HF3O2/c1-4-18(3)28-21-12-8-9-19(15-21)23-24(25-20-10-6-5-7-11-20)27-16-17(2)13-14-22(27)26-23;3-2(4,5)1(6)7/h8-9,12-16,18,20,25H,4-7,10-11H2,1-3H3;(H,6,7). The fourth-order valence-electron chi connectivity index (χ4n) is 3.96. The van der Waals surface area contributed by atoms with Crippen molar-refractivity contribution in [1.29, 1.82) is 0 Å². The number of thioether (sulfide) groups is 1. The molecule has 2 heterocycles. The Kier molecular flexibility index (Phi) is 9.10. The van der Waals surface area contributed by atoms with Crippen LogP contribution in [0.1, 0.15) is 57.9 Å². The van der Waals surface area contributed by atoms with E-state index in [0.717, 1.165) is 17.2 Å². The number of carboxylic acid groups (broad SMARTS) is 1. The highest BCUT2D eigenvalue weighted by Crippen LogP contribution is 2.34. The summed E-state index contributed by atoms with van der Waals surface area (Å²) in [5.74, 6) is -1.61. The molecule has 9 heteroatoms. The molecule has 1 aliphatic rings. The maximum atomic E-state index is 10.6. The van der Waals surface area contributed by atoms with Crippen LogP contribution in [0.2, 0.25) is 0 Å². The molecule has 1 atom stereocenters. The average molecular weight is 508 g/mol. The number of pyridine rings is 1. The second-order valence-corrected chi connectivity index (χ2v) is 10.4. The third-order valence-corrected chi connectivity index (χ3v) is 7.24. The summed E-state index contributed by atoms with van der Waals surface area (Å²) in [6.07, 6.45) is 4.82. The van der Waals surface area contributed by atoms with E-state index in [1.807, 2.05) is 11.8 Å². The summed E-state index contributed by atoms with van der Waals surface area (Å²) in [6, 6.07) is 13.7. The molecule has 0 saturated heterocycles. The first-order valence-corrected chi connectivity index (χ1v) is 12.8. The number of rotatable bonds is 6. The number of halogens is 3. The number of nitrogens with one attached hydrogen (secondary N) is 1. The van der Waals surface area contributed by atoms with Gasteiger partial charge in [-0.2, -0.15) is 13.2 Å². The first-order chi connectivity index (χ1) is 16.6. The number of hydrogen-bond donors (Lipinski definition) is 2. The lowest BCUT2D eigenvalue weighted by atomic mass is 9.95. The number of anilines is 1. The van der Waals surface area contributed by atoms with Gasteiger partial charge in [0, 0.05) is 27.9 Å².